The highest BCUT2D eigenvalue weighted by atomic mass is 35.5. The number of hydrogen-bond donors (Lipinski definition) is 1. The molecule has 1 aromatic heterocycles. The molecule has 1 aliphatic rings. The number of hydrogen-bond acceptors (Lipinski definition) is 4. The van der Waals surface area contributed by atoms with E-state index in [1.54, 1.807) is 6.20 Å². The van der Waals surface area contributed by atoms with Gasteiger partial charge in [0.05, 0.1) is 12.6 Å². The number of aromatic nitrogens is 2. The predicted molar refractivity (Wildman–Crippen MR) is 63.8 cm³/mol. The molecule has 0 spiro atoms. The van der Waals surface area contributed by atoms with E-state index >= 15 is 0 Å². The zero-order chi connectivity index (χ0) is 11.5. The van der Waals surface area contributed by atoms with E-state index in [0.29, 0.717) is 0 Å². The molecule has 0 saturated carbocycles. The summed E-state index contributed by atoms with van der Waals surface area (Å²) in [5, 5.41) is 9.63. The average molecular weight is 242 g/mol. The van der Waals surface area contributed by atoms with Crippen molar-refractivity contribution in [3.05, 3.63) is 17.0 Å². The smallest absolute Gasteiger partial charge is 0.224 e. The summed E-state index contributed by atoms with van der Waals surface area (Å²) in [7, 11) is 0. The number of aliphatic hydroxyl groups excluding tert-OH is 1. The Hall–Kier alpha value is -0.870. The molecular weight excluding hydrogens is 226 g/mol. The van der Waals surface area contributed by atoms with Crippen LogP contribution in [0, 0.1) is 6.92 Å². The van der Waals surface area contributed by atoms with E-state index in [9.17, 15) is 5.11 Å². The van der Waals surface area contributed by atoms with Crippen molar-refractivity contribution in [1.82, 2.24) is 9.97 Å². The van der Waals surface area contributed by atoms with Crippen LogP contribution in [0.5, 0.6) is 0 Å². The summed E-state index contributed by atoms with van der Waals surface area (Å²) in [4.78, 5) is 10.4. The Kier molecular flexibility index (Phi) is 3.61. The molecule has 2 heterocycles. The third-order valence-electron chi connectivity index (χ3n) is 3.03. The van der Waals surface area contributed by atoms with Crippen molar-refractivity contribution < 1.29 is 5.11 Å². The number of aliphatic hydroxyl groups is 1. The minimum absolute atomic E-state index is 0.165. The Morgan fingerprint density at radius 2 is 2.38 bits per heavy atom. The quantitative estimate of drug-likeness (QED) is 0.802. The van der Waals surface area contributed by atoms with Crippen molar-refractivity contribution in [3.63, 3.8) is 0 Å². The van der Waals surface area contributed by atoms with Crippen LogP contribution in [0.4, 0.5) is 5.82 Å². The SMILES string of the molecule is Cc1cnc(Cl)nc1N1CCCCC1CO. The van der Waals surface area contributed by atoms with Crippen LogP contribution >= 0.6 is 11.6 Å². The Morgan fingerprint density at radius 1 is 1.56 bits per heavy atom. The van der Waals surface area contributed by atoms with E-state index in [4.69, 9.17) is 11.6 Å². The van der Waals surface area contributed by atoms with Crippen LogP contribution in [0.25, 0.3) is 0 Å². The maximum Gasteiger partial charge on any atom is 0.224 e. The first-order chi connectivity index (χ1) is 7.72. The third-order valence-corrected chi connectivity index (χ3v) is 3.21. The minimum atomic E-state index is 0.165. The molecule has 0 amide bonds. The fraction of sp³-hybridized carbons (Fsp3) is 0.636. The summed E-state index contributed by atoms with van der Waals surface area (Å²) in [5.74, 6) is 0.860. The molecule has 1 N–H and O–H groups in total. The zero-order valence-corrected chi connectivity index (χ0v) is 10.1. The fourth-order valence-electron chi connectivity index (χ4n) is 2.17. The number of nitrogens with zero attached hydrogens (tertiary/aromatic N) is 3. The summed E-state index contributed by atoms with van der Waals surface area (Å²) in [5.41, 5.74) is 1.00. The largest absolute Gasteiger partial charge is 0.394 e. The van der Waals surface area contributed by atoms with Gasteiger partial charge in [-0.25, -0.2) is 9.97 Å². The van der Waals surface area contributed by atoms with Gasteiger partial charge in [-0.1, -0.05) is 0 Å². The van der Waals surface area contributed by atoms with Crippen LogP contribution in [-0.4, -0.2) is 34.3 Å². The van der Waals surface area contributed by atoms with Gasteiger partial charge in [-0.3, -0.25) is 0 Å². The van der Waals surface area contributed by atoms with Gasteiger partial charge in [-0.05, 0) is 37.8 Å². The second-order valence-electron chi connectivity index (χ2n) is 4.17. The second kappa shape index (κ2) is 4.97. The molecule has 0 bridgehead atoms. The first-order valence-corrected chi connectivity index (χ1v) is 5.97. The van der Waals surface area contributed by atoms with E-state index < -0.39 is 0 Å². The van der Waals surface area contributed by atoms with Crippen molar-refractivity contribution in [2.24, 2.45) is 0 Å². The molecular formula is C11H16ClN3O. The summed E-state index contributed by atoms with van der Waals surface area (Å²) >= 11 is 5.82. The maximum absolute atomic E-state index is 9.36. The van der Waals surface area contributed by atoms with Gasteiger partial charge in [0.25, 0.3) is 0 Å². The Morgan fingerprint density at radius 3 is 3.12 bits per heavy atom. The van der Waals surface area contributed by atoms with Crippen molar-refractivity contribution >= 4 is 17.4 Å². The number of rotatable bonds is 2. The molecule has 1 unspecified atom stereocenters. The van der Waals surface area contributed by atoms with Crippen LogP contribution in [0.15, 0.2) is 6.20 Å². The molecule has 0 radical (unpaired) electrons. The molecule has 0 aliphatic carbocycles. The van der Waals surface area contributed by atoms with Gasteiger partial charge in [-0.15, -0.1) is 0 Å². The number of halogens is 1. The van der Waals surface area contributed by atoms with Gasteiger partial charge in [0, 0.05) is 18.3 Å². The highest BCUT2D eigenvalue weighted by Crippen LogP contribution is 2.26. The molecule has 88 valence electrons. The zero-order valence-electron chi connectivity index (χ0n) is 9.36. The molecule has 1 aromatic rings. The van der Waals surface area contributed by atoms with Crippen molar-refractivity contribution in [3.8, 4) is 0 Å². The van der Waals surface area contributed by atoms with Crippen molar-refractivity contribution in [2.75, 3.05) is 18.1 Å². The molecule has 1 atom stereocenters. The van der Waals surface area contributed by atoms with Gasteiger partial charge in [0.2, 0.25) is 5.28 Å². The van der Waals surface area contributed by atoms with Crippen LogP contribution in [-0.2, 0) is 0 Å². The lowest BCUT2D eigenvalue weighted by atomic mass is 10.0. The first-order valence-electron chi connectivity index (χ1n) is 5.59. The van der Waals surface area contributed by atoms with Crippen LogP contribution in [0.2, 0.25) is 5.28 Å². The minimum Gasteiger partial charge on any atom is -0.394 e. The van der Waals surface area contributed by atoms with Gasteiger partial charge >= 0.3 is 0 Å². The molecule has 16 heavy (non-hydrogen) atoms. The molecule has 4 nitrogen and oxygen atoms in total. The van der Waals surface area contributed by atoms with Crippen molar-refractivity contribution in [2.45, 2.75) is 32.2 Å². The Balaban J connectivity index is 2.30. The lowest BCUT2D eigenvalue weighted by molar-refractivity contribution is 0.239. The summed E-state index contributed by atoms with van der Waals surface area (Å²) in [6, 6.07) is 0.165. The molecule has 0 aromatic carbocycles. The molecule has 1 aliphatic heterocycles. The van der Waals surface area contributed by atoms with Crippen LogP contribution < -0.4 is 4.90 Å². The molecule has 1 fully saturated rings. The van der Waals surface area contributed by atoms with E-state index in [2.05, 4.69) is 14.9 Å². The molecule has 5 heteroatoms. The van der Waals surface area contributed by atoms with Crippen LogP contribution in [0.1, 0.15) is 24.8 Å². The third kappa shape index (κ3) is 2.28. The average Bonchev–Trinajstić information content (AvgIpc) is 2.32. The van der Waals surface area contributed by atoms with Gasteiger partial charge in [-0.2, -0.15) is 0 Å². The lowest BCUT2D eigenvalue weighted by Gasteiger charge is -2.36. The number of aryl methyl sites for hydroxylation is 1. The lowest BCUT2D eigenvalue weighted by Crippen LogP contribution is -2.42. The highest BCUT2D eigenvalue weighted by Gasteiger charge is 2.24. The Labute approximate surface area is 100 Å². The fourth-order valence-corrected chi connectivity index (χ4v) is 2.30. The normalized spacial score (nSPS) is 21.2. The van der Waals surface area contributed by atoms with E-state index in [0.717, 1.165) is 30.8 Å². The topological polar surface area (TPSA) is 49.2 Å². The van der Waals surface area contributed by atoms with Crippen molar-refractivity contribution in [1.29, 1.82) is 0 Å². The van der Waals surface area contributed by atoms with E-state index in [-0.39, 0.29) is 17.9 Å². The molecule has 2 rings (SSSR count). The van der Waals surface area contributed by atoms with Gasteiger partial charge in [0.15, 0.2) is 0 Å². The summed E-state index contributed by atoms with van der Waals surface area (Å²) in [6.45, 7) is 3.06. The first kappa shape index (κ1) is 11.6. The Bertz CT molecular complexity index is 372. The summed E-state index contributed by atoms with van der Waals surface area (Å²) in [6.07, 6.45) is 5.04. The predicted octanol–water partition coefficient (Wildman–Crippen LogP) is 1.79. The van der Waals surface area contributed by atoms with E-state index in [1.165, 1.54) is 6.42 Å². The molecule has 1 saturated heterocycles. The standard InChI is InChI=1S/C11H16ClN3O/c1-8-6-13-11(12)14-10(8)15-5-3-2-4-9(15)7-16/h6,9,16H,2-5,7H2,1H3. The van der Waals surface area contributed by atoms with Gasteiger partial charge < -0.3 is 10.0 Å². The number of piperidine rings is 1. The number of anilines is 1. The highest BCUT2D eigenvalue weighted by molar-refractivity contribution is 6.28. The maximum atomic E-state index is 9.36. The van der Waals surface area contributed by atoms with E-state index in [1.807, 2.05) is 6.92 Å². The summed E-state index contributed by atoms with van der Waals surface area (Å²) < 4.78 is 0. The monoisotopic (exact) mass is 241 g/mol. The van der Waals surface area contributed by atoms with Gasteiger partial charge in [0.1, 0.15) is 5.82 Å². The second-order valence-corrected chi connectivity index (χ2v) is 4.51. The van der Waals surface area contributed by atoms with Crippen LogP contribution in [0.3, 0.4) is 0 Å².